The molecule has 1 aliphatic carbocycles. The number of nitrogens with one attached hydrogen (secondary N) is 1. The first-order chi connectivity index (χ1) is 8.89. The number of carbonyl (C=O) groups is 1. The van der Waals surface area contributed by atoms with Crippen LogP contribution in [-0.2, 0) is 4.79 Å². The normalized spacial score (nSPS) is 18.8. The molecular weight excluding hydrogens is 240 g/mol. The summed E-state index contributed by atoms with van der Waals surface area (Å²) >= 11 is 0. The van der Waals surface area contributed by atoms with Gasteiger partial charge >= 0.3 is 5.97 Å². The molecule has 1 atom stereocenters. The number of hydrogen-bond donors (Lipinski definition) is 2. The largest absolute Gasteiger partial charge is 0.480 e. The molecule has 0 bridgehead atoms. The molecule has 1 unspecified atom stereocenters. The van der Waals surface area contributed by atoms with Crippen LogP contribution in [-0.4, -0.2) is 47.7 Å². The van der Waals surface area contributed by atoms with E-state index in [1.54, 1.807) is 14.0 Å². The third kappa shape index (κ3) is 5.49. The molecule has 0 aromatic carbocycles. The monoisotopic (exact) mass is 270 g/mol. The quantitative estimate of drug-likeness (QED) is 0.640. The average molecular weight is 270 g/mol. The van der Waals surface area contributed by atoms with Crippen molar-refractivity contribution in [2.45, 2.75) is 64.5 Å². The van der Waals surface area contributed by atoms with E-state index in [2.05, 4.69) is 24.1 Å². The van der Waals surface area contributed by atoms with E-state index in [1.165, 1.54) is 19.3 Å². The maximum Gasteiger partial charge on any atom is 0.323 e. The van der Waals surface area contributed by atoms with Crippen molar-refractivity contribution in [3.63, 3.8) is 0 Å². The molecule has 1 fully saturated rings. The van der Waals surface area contributed by atoms with Crippen LogP contribution < -0.4 is 5.32 Å². The highest BCUT2D eigenvalue weighted by atomic mass is 16.4. The molecular formula is C15H30N2O2. The topological polar surface area (TPSA) is 52.6 Å². The summed E-state index contributed by atoms with van der Waals surface area (Å²) in [5, 5.41) is 12.1. The van der Waals surface area contributed by atoms with E-state index in [9.17, 15) is 9.90 Å². The van der Waals surface area contributed by atoms with E-state index in [1.807, 2.05) is 0 Å². The van der Waals surface area contributed by atoms with Crippen LogP contribution in [0.1, 0.15) is 52.9 Å². The van der Waals surface area contributed by atoms with Crippen molar-refractivity contribution in [1.29, 1.82) is 0 Å². The Kier molecular flexibility index (Phi) is 6.27. The molecule has 0 spiro atoms. The van der Waals surface area contributed by atoms with Gasteiger partial charge in [0.05, 0.1) is 0 Å². The van der Waals surface area contributed by atoms with Gasteiger partial charge in [-0.2, -0.15) is 0 Å². The minimum atomic E-state index is -0.784. The first kappa shape index (κ1) is 16.4. The average Bonchev–Trinajstić information content (AvgIpc) is 3.16. The fourth-order valence-corrected chi connectivity index (χ4v) is 2.32. The number of carboxylic acids is 1. The van der Waals surface area contributed by atoms with Crippen LogP contribution in [0.15, 0.2) is 0 Å². The van der Waals surface area contributed by atoms with Crippen molar-refractivity contribution in [1.82, 2.24) is 10.2 Å². The fraction of sp³-hybridized carbons (Fsp3) is 0.933. The Morgan fingerprint density at radius 3 is 2.47 bits per heavy atom. The summed E-state index contributed by atoms with van der Waals surface area (Å²) in [7, 11) is 1.73. The second-order valence-electron chi connectivity index (χ2n) is 6.44. The lowest BCUT2D eigenvalue weighted by Crippen LogP contribution is -2.48. The summed E-state index contributed by atoms with van der Waals surface area (Å²) in [6.07, 6.45) is 5.50. The standard InChI is InChI=1S/C15H30N2O2/c1-12(2)8-11-17(13-6-7-13)10-5-9-15(3,16-4)14(18)19/h12-13,16H,5-11H2,1-4H3,(H,18,19). The first-order valence-electron chi connectivity index (χ1n) is 7.55. The van der Waals surface area contributed by atoms with E-state index in [0.29, 0.717) is 6.42 Å². The van der Waals surface area contributed by atoms with Gasteiger partial charge in [0.15, 0.2) is 0 Å². The number of carboxylic acid groups (broad SMARTS) is 1. The molecule has 19 heavy (non-hydrogen) atoms. The predicted molar refractivity (Wildman–Crippen MR) is 78.4 cm³/mol. The van der Waals surface area contributed by atoms with Crippen molar-refractivity contribution in [3.8, 4) is 0 Å². The summed E-state index contributed by atoms with van der Waals surface area (Å²) < 4.78 is 0. The van der Waals surface area contributed by atoms with E-state index < -0.39 is 11.5 Å². The molecule has 1 saturated carbocycles. The molecule has 1 aliphatic rings. The lowest BCUT2D eigenvalue weighted by molar-refractivity contribution is -0.144. The Bertz CT molecular complexity index is 290. The fourth-order valence-electron chi connectivity index (χ4n) is 2.32. The van der Waals surface area contributed by atoms with E-state index >= 15 is 0 Å². The van der Waals surface area contributed by atoms with Crippen molar-refractivity contribution in [2.24, 2.45) is 5.92 Å². The summed E-state index contributed by atoms with van der Waals surface area (Å²) in [5.74, 6) is -0.0157. The molecule has 112 valence electrons. The lowest BCUT2D eigenvalue weighted by atomic mass is 9.96. The third-order valence-corrected chi connectivity index (χ3v) is 4.20. The van der Waals surface area contributed by atoms with Gasteiger partial charge in [-0.15, -0.1) is 0 Å². The molecule has 0 amide bonds. The molecule has 0 heterocycles. The van der Waals surface area contributed by atoms with Crippen LogP contribution in [0.3, 0.4) is 0 Å². The van der Waals surface area contributed by atoms with Crippen molar-refractivity contribution < 1.29 is 9.90 Å². The zero-order valence-electron chi connectivity index (χ0n) is 12.9. The minimum Gasteiger partial charge on any atom is -0.480 e. The Morgan fingerprint density at radius 2 is 2.05 bits per heavy atom. The number of rotatable bonds is 10. The summed E-state index contributed by atoms with van der Waals surface area (Å²) in [6.45, 7) is 8.47. The number of aliphatic carboxylic acids is 1. The summed E-state index contributed by atoms with van der Waals surface area (Å²) in [5.41, 5.74) is -0.784. The second-order valence-corrected chi connectivity index (χ2v) is 6.44. The van der Waals surface area contributed by atoms with Gasteiger partial charge < -0.3 is 15.3 Å². The maximum absolute atomic E-state index is 11.2. The lowest BCUT2D eigenvalue weighted by Gasteiger charge is -2.27. The third-order valence-electron chi connectivity index (χ3n) is 4.20. The Balaban J connectivity index is 2.33. The van der Waals surface area contributed by atoms with Gasteiger partial charge in [0, 0.05) is 6.04 Å². The van der Waals surface area contributed by atoms with Gasteiger partial charge in [-0.1, -0.05) is 13.8 Å². The van der Waals surface area contributed by atoms with Gasteiger partial charge in [-0.05, 0) is 65.1 Å². The number of likely N-dealkylation sites (N-methyl/N-ethyl adjacent to an activating group) is 1. The molecule has 1 rings (SSSR count). The summed E-state index contributed by atoms with van der Waals surface area (Å²) in [6, 6.07) is 0.768. The van der Waals surface area contributed by atoms with Gasteiger partial charge in [-0.3, -0.25) is 4.79 Å². The van der Waals surface area contributed by atoms with Crippen molar-refractivity contribution >= 4 is 5.97 Å². The predicted octanol–water partition coefficient (Wildman–Crippen LogP) is 2.34. The van der Waals surface area contributed by atoms with Gasteiger partial charge in [0.25, 0.3) is 0 Å². The highest BCUT2D eigenvalue weighted by Crippen LogP contribution is 2.28. The molecule has 0 radical (unpaired) electrons. The van der Waals surface area contributed by atoms with Gasteiger partial charge in [0.2, 0.25) is 0 Å². The Labute approximate surface area is 117 Å². The molecule has 4 heteroatoms. The minimum absolute atomic E-state index is 0.684. The zero-order chi connectivity index (χ0) is 14.5. The summed E-state index contributed by atoms with van der Waals surface area (Å²) in [4.78, 5) is 13.8. The van der Waals surface area contributed by atoms with E-state index in [0.717, 1.165) is 31.5 Å². The van der Waals surface area contributed by atoms with Crippen LogP contribution in [0, 0.1) is 5.92 Å². The number of hydrogen-bond acceptors (Lipinski definition) is 3. The highest BCUT2D eigenvalue weighted by molar-refractivity contribution is 5.78. The highest BCUT2D eigenvalue weighted by Gasteiger charge is 2.32. The maximum atomic E-state index is 11.2. The van der Waals surface area contributed by atoms with E-state index in [-0.39, 0.29) is 0 Å². The Hall–Kier alpha value is -0.610. The molecule has 4 nitrogen and oxygen atoms in total. The van der Waals surface area contributed by atoms with Crippen molar-refractivity contribution in [2.75, 3.05) is 20.1 Å². The molecule has 0 aromatic heterocycles. The van der Waals surface area contributed by atoms with Crippen LogP contribution in [0.4, 0.5) is 0 Å². The van der Waals surface area contributed by atoms with E-state index in [4.69, 9.17) is 0 Å². The Morgan fingerprint density at radius 1 is 1.42 bits per heavy atom. The van der Waals surface area contributed by atoms with Crippen LogP contribution in [0.25, 0.3) is 0 Å². The second kappa shape index (κ2) is 7.25. The molecule has 2 N–H and O–H groups in total. The zero-order valence-corrected chi connectivity index (χ0v) is 12.9. The molecule has 0 saturated heterocycles. The van der Waals surface area contributed by atoms with Crippen LogP contribution >= 0.6 is 0 Å². The number of nitrogens with zero attached hydrogens (tertiary/aromatic N) is 1. The first-order valence-corrected chi connectivity index (χ1v) is 7.55. The molecule has 0 aromatic rings. The van der Waals surface area contributed by atoms with Crippen LogP contribution in [0.2, 0.25) is 0 Å². The smallest absolute Gasteiger partial charge is 0.323 e. The molecule has 0 aliphatic heterocycles. The van der Waals surface area contributed by atoms with Crippen LogP contribution in [0.5, 0.6) is 0 Å². The SMILES string of the molecule is CNC(C)(CCCN(CCC(C)C)C1CC1)C(=O)O. The van der Waals surface area contributed by atoms with Crippen molar-refractivity contribution in [3.05, 3.63) is 0 Å². The van der Waals surface area contributed by atoms with Gasteiger partial charge in [0.1, 0.15) is 5.54 Å². The van der Waals surface area contributed by atoms with Gasteiger partial charge in [-0.25, -0.2) is 0 Å².